The molecule has 0 saturated carbocycles. The Balaban J connectivity index is 0.00000372. The molecule has 0 bridgehead atoms. The first kappa shape index (κ1) is 48.4. The van der Waals surface area contributed by atoms with Gasteiger partial charge in [0.05, 0.1) is 0 Å². The molecule has 0 atom stereocenters. The molecule has 0 spiro atoms. The third-order valence-corrected chi connectivity index (χ3v) is 20.8. The van der Waals surface area contributed by atoms with Crippen LogP contribution in [0.1, 0.15) is 169 Å². The molecule has 0 saturated heterocycles. The third-order valence-electron chi connectivity index (χ3n) is 12.4. The normalized spacial score (nSPS) is 13.7. The summed E-state index contributed by atoms with van der Waals surface area (Å²) in [7, 11) is 0. The van der Waals surface area contributed by atoms with Gasteiger partial charge in [-0.05, 0) is 0 Å². The van der Waals surface area contributed by atoms with Gasteiger partial charge in [-0.15, -0.1) is 0 Å². The fourth-order valence-electron chi connectivity index (χ4n) is 9.09. The average molecular weight is 895 g/mol. The zero-order valence-electron chi connectivity index (χ0n) is 38.4. The Morgan fingerprint density at radius 2 is 1.02 bits per heavy atom. The quantitative estimate of drug-likeness (QED) is 0.131. The maximum Gasteiger partial charge on any atom is -1.00 e. The van der Waals surface area contributed by atoms with E-state index in [1.807, 2.05) is 3.21 Å². The predicted octanol–water partition coefficient (Wildman–Crippen LogP) is 9.50. The molecule has 4 aromatic rings. The van der Waals surface area contributed by atoms with Gasteiger partial charge < -0.3 is 24.8 Å². The number of unbranched alkanes of at least 4 members (excludes halogenated alkanes) is 2. The van der Waals surface area contributed by atoms with Crippen LogP contribution in [0, 0.1) is 0 Å². The van der Waals surface area contributed by atoms with Gasteiger partial charge >= 0.3 is 353 Å². The SMILES string of the molecule is CCCC[C](CCCC)=[Zr+2]([c]1c2c(cc(C(C)(C)C)c1-c1ccc(C(C)(C)C)cc1)-c1cc(C(C)(C)C)c(-c3ccc(C(C)(C)C)cc3)cc1C2)[CH]1C=CC=C1.[Cl-].[Cl-]. The molecule has 0 heterocycles. The van der Waals surface area contributed by atoms with Crippen LogP contribution < -0.4 is 28.1 Å². The van der Waals surface area contributed by atoms with Crippen molar-refractivity contribution in [3.05, 3.63) is 124 Å². The van der Waals surface area contributed by atoms with Crippen molar-refractivity contribution in [2.75, 3.05) is 0 Å². The van der Waals surface area contributed by atoms with Crippen LogP contribution in [0.5, 0.6) is 0 Å². The zero-order chi connectivity index (χ0) is 40.8. The molecule has 0 radical (unpaired) electrons. The summed E-state index contributed by atoms with van der Waals surface area (Å²) >= 11 is -2.62. The summed E-state index contributed by atoms with van der Waals surface area (Å²) in [6.07, 6.45) is 18.6. The minimum Gasteiger partial charge on any atom is -1.00 e. The Morgan fingerprint density at radius 1 is 0.552 bits per heavy atom. The van der Waals surface area contributed by atoms with Crippen LogP contribution in [0.25, 0.3) is 33.4 Å². The molecule has 2 aliphatic rings. The maximum absolute atomic E-state index is 2.67. The van der Waals surface area contributed by atoms with Gasteiger partial charge in [-0.3, -0.25) is 0 Å². The van der Waals surface area contributed by atoms with E-state index < -0.39 is 21.3 Å². The molecule has 2 aliphatic carbocycles. The van der Waals surface area contributed by atoms with Crippen molar-refractivity contribution >= 4 is 6.48 Å². The molecule has 0 amide bonds. The first-order valence-electron chi connectivity index (χ1n) is 21.9. The molecule has 310 valence electrons. The van der Waals surface area contributed by atoms with Crippen LogP contribution in [0.3, 0.4) is 0 Å². The summed E-state index contributed by atoms with van der Waals surface area (Å²) in [6, 6.07) is 27.2. The summed E-state index contributed by atoms with van der Waals surface area (Å²) in [4.78, 5) is 0. The minimum absolute atomic E-state index is 0. The van der Waals surface area contributed by atoms with Gasteiger partial charge in [0, 0.05) is 0 Å². The van der Waals surface area contributed by atoms with Crippen LogP contribution in [0.15, 0.2) is 91.0 Å². The number of hydrogen-bond acceptors (Lipinski definition) is 0. The Morgan fingerprint density at radius 3 is 1.47 bits per heavy atom. The van der Waals surface area contributed by atoms with Gasteiger partial charge in [0.25, 0.3) is 0 Å². The standard InChI is InChI=1S/C41H49.C9H18.C5H5.2ClH.Zr/c1-38(2,3)30-17-13-26(14-18-30)34-22-28-21-29-23-35(27-15-19-31(20-16-27)39(4,5)6)37(41(10,11)12)25-33(29)32(28)24-36(34)40(7,8)9;1-3-5-7-9-8-6-4-2;1-2-4-5-3-1;;;/h13-20,22,24-25H,21H2,1-12H3;3-8H2,1-2H3;1-5H;2*1H;/q;;;;;+2/p-2. The van der Waals surface area contributed by atoms with Crippen molar-refractivity contribution in [3.8, 4) is 33.4 Å². The van der Waals surface area contributed by atoms with Crippen molar-refractivity contribution < 1.29 is 46.1 Å². The fourth-order valence-corrected chi connectivity index (χ4v) is 18.3. The molecular weight excluding hydrogens is 823 g/mol. The Bertz CT molecular complexity index is 2130. The summed E-state index contributed by atoms with van der Waals surface area (Å²) in [5.41, 5.74) is 17.9. The van der Waals surface area contributed by atoms with E-state index in [9.17, 15) is 0 Å². The van der Waals surface area contributed by atoms with E-state index in [-0.39, 0.29) is 46.5 Å². The molecule has 0 aliphatic heterocycles. The fraction of sp³-hybridized carbons (Fsp3) is 0.473. The van der Waals surface area contributed by atoms with E-state index in [0.717, 1.165) is 6.42 Å². The second-order valence-corrected chi connectivity index (χ2v) is 27.7. The summed E-state index contributed by atoms with van der Waals surface area (Å²) in [6.45, 7) is 33.3. The first-order valence-corrected chi connectivity index (χ1v) is 25.8. The minimum atomic E-state index is -2.62. The number of fused-ring (bicyclic) bond motifs is 3. The molecule has 4 aromatic carbocycles. The van der Waals surface area contributed by atoms with Crippen LogP contribution >= 0.6 is 0 Å². The first-order chi connectivity index (χ1) is 26.2. The Hall–Kier alpha value is -2.31. The second kappa shape index (κ2) is 18.8. The largest absolute Gasteiger partial charge is 1.00 e. The summed E-state index contributed by atoms with van der Waals surface area (Å²) < 4.78 is 4.30. The average Bonchev–Trinajstić information content (AvgIpc) is 3.78. The van der Waals surface area contributed by atoms with Gasteiger partial charge in [-0.2, -0.15) is 0 Å². The summed E-state index contributed by atoms with van der Waals surface area (Å²) in [5.74, 6) is 0. The topological polar surface area (TPSA) is 0 Å². The van der Waals surface area contributed by atoms with Crippen LogP contribution in [-0.4, -0.2) is 3.21 Å². The Labute approximate surface area is 374 Å². The number of hydrogen-bond donors (Lipinski definition) is 0. The van der Waals surface area contributed by atoms with Gasteiger partial charge in [0.15, 0.2) is 0 Å². The van der Waals surface area contributed by atoms with Gasteiger partial charge in [-0.1, -0.05) is 0 Å². The van der Waals surface area contributed by atoms with Crippen molar-refractivity contribution in [2.45, 2.75) is 167 Å². The predicted molar refractivity (Wildman–Crippen MR) is 246 cm³/mol. The van der Waals surface area contributed by atoms with Crippen molar-refractivity contribution in [3.63, 3.8) is 0 Å². The van der Waals surface area contributed by atoms with E-state index in [4.69, 9.17) is 0 Å². The van der Waals surface area contributed by atoms with Crippen molar-refractivity contribution in [1.82, 2.24) is 0 Å². The summed E-state index contributed by atoms with van der Waals surface area (Å²) in [5, 5.41) is 0. The van der Waals surface area contributed by atoms with E-state index >= 15 is 0 Å². The molecule has 0 unspecified atom stereocenters. The zero-order valence-corrected chi connectivity index (χ0v) is 42.4. The van der Waals surface area contributed by atoms with Gasteiger partial charge in [0.1, 0.15) is 0 Å². The second-order valence-electron chi connectivity index (χ2n) is 21.1. The van der Waals surface area contributed by atoms with Gasteiger partial charge in [0.2, 0.25) is 0 Å². The smallest absolute Gasteiger partial charge is 1.00 e. The van der Waals surface area contributed by atoms with Crippen molar-refractivity contribution in [2.24, 2.45) is 0 Å². The van der Waals surface area contributed by atoms with Crippen LogP contribution in [-0.2, 0) is 49.3 Å². The maximum atomic E-state index is 2.67. The number of allylic oxidation sites excluding steroid dienone is 4. The van der Waals surface area contributed by atoms with E-state index in [0.29, 0.717) is 3.63 Å². The van der Waals surface area contributed by atoms with Crippen molar-refractivity contribution in [1.29, 1.82) is 0 Å². The molecule has 3 heteroatoms. The van der Waals surface area contributed by atoms with Crippen LogP contribution in [0.2, 0.25) is 3.63 Å². The molecule has 0 N–H and O–H groups in total. The molecule has 0 nitrogen and oxygen atoms in total. The number of halogens is 2. The van der Waals surface area contributed by atoms with Crippen LogP contribution in [0.4, 0.5) is 0 Å². The number of rotatable bonds is 10. The monoisotopic (exact) mass is 892 g/mol. The molecule has 0 aromatic heterocycles. The third kappa shape index (κ3) is 10.2. The molecule has 58 heavy (non-hydrogen) atoms. The van der Waals surface area contributed by atoms with E-state index in [1.165, 1.54) is 94.2 Å². The van der Waals surface area contributed by atoms with E-state index in [1.54, 1.807) is 14.4 Å². The molecular formula is C55H72Cl2Zr. The molecule has 0 fully saturated rings. The Kier molecular flexibility index (Phi) is 15.6. The van der Waals surface area contributed by atoms with E-state index in [2.05, 4.69) is 188 Å². The molecule has 6 rings (SSSR count). The van der Waals surface area contributed by atoms with Gasteiger partial charge in [-0.25, -0.2) is 0 Å². The number of benzene rings is 4.